The number of carbonyl (C=O) groups is 1. The third kappa shape index (κ3) is 3.64. The highest BCUT2D eigenvalue weighted by atomic mass is 79.9. The zero-order valence-corrected chi connectivity index (χ0v) is 17.4. The lowest BCUT2D eigenvalue weighted by molar-refractivity contribution is -0.117. The zero-order chi connectivity index (χ0) is 19.7. The molecule has 0 radical (unpaired) electrons. The Balaban J connectivity index is 1.68. The molecule has 4 N–H and O–H groups in total. The largest absolute Gasteiger partial charge is 0.368 e. The Hall–Kier alpha value is -2.38. The van der Waals surface area contributed by atoms with Crippen LogP contribution in [0.2, 0.25) is 0 Å². The Morgan fingerprint density at radius 1 is 1.39 bits per heavy atom. The highest BCUT2D eigenvalue weighted by molar-refractivity contribution is 9.10. The van der Waals surface area contributed by atoms with Crippen molar-refractivity contribution < 1.29 is 4.79 Å². The maximum absolute atomic E-state index is 12.9. The van der Waals surface area contributed by atoms with Crippen LogP contribution < -0.4 is 16.0 Å². The van der Waals surface area contributed by atoms with Crippen LogP contribution >= 0.6 is 15.9 Å². The van der Waals surface area contributed by atoms with Gasteiger partial charge in [-0.05, 0) is 41.3 Å². The zero-order valence-electron chi connectivity index (χ0n) is 15.8. The average molecular weight is 442 g/mol. The number of amides is 1. The van der Waals surface area contributed by atoms with Crippen LogP contribution in [-0.4, -0.2) is 35.0 Å². The van der Waals surface area contributed by atoms with E-state index in [2.05, 4.69) is 36.1 Å². The normalized spacial score (nSPS) is 18.2. The van der Waals surface area contributed by atoms with Crippen molar-refractivity contribution in [3.63, 3.8) is 0 Å². The molecule has 1 aliphatic heterocycles. The number of rotatable bonds is 4. The van der Waals surface area contributed by atoms with Crippen molar-refractivity contribution in [1.82, 2.24) is 9.97 Å². The number of benzene rings is 1. The molecule has 2 atom stereocenters. The molecule has 3 heterocycles. The van der Waals surface area contributed by atoms with E-state index >= 15 is 0 Å². The molecular formula is C21H24BrN5O. The molecule has 0 spiro atoms. The molecule has 2 aromatic heterocycles. The van der Waals surface area contributed by atoms with Crippen LogP contribution in [0.15, 0.2) is 47.2 Å². The number of aromatic nitrogens is 2. The van der Waals surface area contributed by atoms with E-state index in [1.807, 2.05) is 43.5 Å². The van der Waals surface area contributed by atoms with Crippen molar-refractivity contribution in [1.29, 1.82) is 0 Å². The Labute approximate surface area is 172 Å². The second-order valence-corrected chi connectivity index (χ2v) is 8.20. The molecule has 0 bridgehead atoms. The average Bonchev–Trinajstić information content (AvgIpc) is 3.10. The Bertz CT molecular complexity index is 987. The van der Waals surface area contributed by atoms with E-state index in [4.69, 9.17) is 5.73 Å². The van der Waals surface area contributed by atoms with E-state index in [0.29, 0.717) is 0 Å². The maximum Gasteiger partial charge on any atom is 0.231 e. The number of anilines is 2. The molecule has 1 saturated heterocycles. The van der Waals surface area contributed by atoms with Gasteiger partial charge in [0.1, 0.15) is 5.65 Å². The first-order valence-corrected chi connectivity index (χ1v) is 10.4. The molecule has 3 aromatic rings. The number of halogens is 1. The van der Waals surface area contributed by atoms with Crippen LogP contribution in [0.1, 0.15) is 31.2 Å². The molecule has 0 saturated carbocycles. The standard InChI is InChI=1S/C21H24BrN5O/c1-13(14-6-3-2-4-7-14)21(28)26-17-11-25-20-18(17)19(16(22)10-24-20)27-9-5-8-15(23)12-27/h2-4,6-7,10-11,13,15H,5,8-9,12,23H2,1H3,(H,24,25)(H,26,28). The Morgan fingerprint density at radius 2 is 2.18 bits per heavy atom. The first-order chi connectivity index (χ1) is 13.5. The minimum Gasteiger partial charge on any atom is -0.368 e. The van der Waals surface area contributed by atoms with Gasteiger partial charge in [-0.15, -0.1) is 0 Å². The number of pyridine rings is 1. The van der Waals surface area contributed by atoms with Gasteiger partial charge < -0.3 is 20.9 Å². The number of carbonyl (C=O) groups excluding carboxylic acids is 1. The topological polar surface area (TPSA) is 87.0 Å². The predicted molar refractivity (Wildman–Crippen MR) is 117 cm³/mol. The van der Waals surface area contributed by atoms with Crippen molar-refractivity contribution in [3.8, 4) is 0 Å². The van der Waals surface area contributed by atoms with Crippen molar-refractivity contribution in [3.05, 3.63) is 52.8 Å². The van der Waals surface area contributed by atoms with Crippen LogP contribution in [0.3, 0.4) is 0 Å². The molecule has 7 heteroatoms. The highest BCUT2D eigenvalue weighted by Gasteiger charge is 2.24. The number of nitrogens with two attached hydrogens (primary N) is 1. The Kier molecular flexibility index (Phi) is 5.37. The minimum absolute atomic E-state index is 0.0478. The summed E-state index contributed by atoms with van der Waals surface area (Å²) in [4.78, 5) is 22.8. The van der Waals surface area contributed by atoms with E-state index in [9.17, 15) is 4.79 Å². The van der Waals surface area contributed by atoms with Gasteiger partial charge in [-0.3, -0.25) is 4.79 Å². The van der Waals surface area contributed by atoms with E-state index in [-0.39, 0.29) is 17.9 Å². The summed E-state index contributed by atoms with van der Waals surface area (Å²) >= 11 is 3.65. The number of piperidine rings is 1. The number of aromatic amines is 1. The fraction of sp³-hybridized carbons (Fsp3) is 0.333. The summed E-state index contributed by atoms with van der Waals surface area (Å²) in [5, 5.41) is 4.01. The first kappa shape index (κ1) is 19.0. The number of fused-ring (bicyclic) bond motifs is 1. The van der Waals surface area contributed by atoms with Crippen LogP contribution in [0.25, 0.3) is 11.0 Å². The first-order valence-electron chi connectivity index (χ1n) is 9.56. The summed E-state index contributed by atoms with van der Waals surface area (Å²) in [6.45, 7) is 3.64. The van der Waals surface area contributed by atoms with Gasteiger partial charge in [0.15, 0.2) is 0 Å². The van der Waals surface area contributed by atoms with Crippen molar-refractivity contribution in [2.75, 3.05) is 23.3 Å². The summed E-state index contributed by atoms with van der Waals surface area (Å²) in [7, 11) is 0. The summed E-state index contributed by atoms with van der Waals surface area (Å²) in [6, 6.07) is 9.94. The molecule has 1 fully saturated rings. The maximum atomic E-state index is 12.9. The summed E-state index contributed by atoms with van der Waals surface area (Å²) in [5.74, 6) is -0.300. The fourth-order valence-corrected chi connectivity index (χ4v) is 4.36. The minimum atomic E-state index is -0.252. The predicted octanol–water partition coefficient (Wildman–Crippen LogP) is 4.00. The van der Waals surface area contributed by atoms with Crippen molar-refractivity contribution in [2.45, 2.75) is 31.7 Å². The monoisotopic (exact) mass is 441 g/mol. The van der Waals surface area contributed by atoms with Gasteiger partial charge in [0, 0.05) is 31.5 Å². The van der Waals surface area contributed by atoms with Crippen LogP contribution in [0.4, 0.5) is 11.4 Å². The van der Waals surface area contributed by atoms with E-state index < -0.39 is 0 Å². The highest BCUT2D eigenvalue weighted by Crippen LogP contribution is 2.39. The summed E-state index contributed by atoms with van der Waals surface area (Å²) in [5.41, 5.74) is 9.72. The third-order valence-electron chi connectivity index (χ3n) is 5.35. The second-order valence-electron chi connectivity index (χ2n) is 7.35. The Morgan fingerprint density at radius 3 is 2.93 bits per heavy atom. The fourth-order valence-electron chi connectivity index (χ4n) is 3.81. The van der Waals surface area contributed by atoms with E-state index in [0.717, 1.165) is 58.4 Å². The summed E-state index contributed by atoms with van der Waals surface area (Å²) in [6.07, 6.45) is 5.70. The number of hydrogen-bond donors (Lipinski definition) is 3. The van der Waals surface area contributed by atoms with Crippen LogP contribution in [0.5, 0.6) is 0 Å². The quantitative estimate of drug-likeness (QED) is 0.570. The van der Waals surface area contributed by atoms with Gasteiger partial charge in [0.2, 0.25) is 5.91 Å². The molecule has 1 aliphatic rings. The molecule has 1 amide bonds. The molecule has 1 aromatic carbocycles. The third-order valence-corrected chi connectivity index (χ3v) is 5.93. The summed E-state index contributed by atoms with van der Waals surface area (Å²) < 4.78 is 0.903. The van der Waals surface area contributed by atoms with Crippen molar-refractivity contribution in [2.24, 2.45) is 5.73 Å². The number of H-pyrrole nitrogens is 1. The number of nitrogens with zero attached hydrogens (tertiary/aromatic N) is 2. The second kappa shape index (κ2) is 7.93. The van der Waals surface area contributed by atoms with E-state index in [1.54, 1.807) is 6.20 Å². The SMILES string of the molecule is CC(C(=O)Nc1c[nH]c2ncc(Br)c(N3CCCC(N)C3)c12)c1ccccc1. The molecule has 28 heavy (non-hydrogen) atoms. The van der Waals surface area contributed by atoms with Gasteiger partial charge in [-0.25, -0.2) is 4.98 Å². The van der Waals surface area contributed by atoms with Gasteiger partial charge in [-0.1, -0.05) is 30.3 Å². The number of nitrogens with one attached hydrogen (secondary N) is 2. The molecule has 6 nitrogen and oxygen atoms in total. The lowest BCUT2D eigenvalue weighted by atomic mass is 10.0. The molecular weight excluding hydrogens is 418 g/mol. The van der Waals surface area contributed by atoms with Crippen LogP contribution in [0, 0.1) is 0 Å². The lowest BCUT2D eigenvalue weighted by Gasteiger charge is -2.33. The van der Waals surface area contributed by atoms with Crippen molar-refractivity contribution >= 4 is 44.2 Å². The number of hydrogen-bond acceptors (Lipinski definition) is 4. The molecule has 146 valence electrons. The van der Waals surface area contributed by atoms with Gasteiger partial charge >= 0.3 is 0 Å². The van der Waals surface area contributed by atoms with Gasteiger partial charge in [0.05, 0.1) is 27.2 Å². The van der Waals surface area contributed by atoms with Crippen LogP contribution in [-0.2, 0) is 4.79 Å². The molecule has 0 aliphatic carbocycles. The lowest BCUT2D eigenvalue weighted by Crippen LogP contribution is -2.43. The molecule has 2 unspecified atom stereocenters. The van der Waals surface area contributed by atoms with Gasteiger partial charge in [0.25, 0.3) is 0 Å². The molecule has 4 rings (SSSR count). The smallest absolute Gasteiger partial charge is 0.231 e. The van der Waals surface area contributed by atoms with E-state index in [1.165, 1.54) is 0 Å². The van der Waals surface area contributed by atoms with Gasteiger partial charge in [-0.2, -0.15) is 0 Å².